The van der Waals surface area contributed by atoms with E-state index >= 15 is 0 Å². The van der Waals surface area contributed by atoms with Crippen molar-refractivity contribution < 1.29 is 22.4 Å². The van der Waals surface area contributed by atoms with Crippen LogP contribution in [0.3, 0.4) is 0 Å². The zero-order valence-corrected chi connectivity index (χ0v) is 11.0. The lowest BCUT2D eigenvalue weighted by Crippen LogP contribution is -2.40. The van der Waals surface area contributed by atoms with Crippen LogP contribution in [0, 0.1) is 5.82 Å². The number of nitrogens with zero attached hydrogens (tertiary/aromatic N) is 1. The Morgan fingerprint density at radius 1 is 1.32 bits per heavy atom. The van der Waals surface area contributed by atoms with Crippen LogP contribution >= 0.6 is 23.2 Å². The van der Waals surface area contributed by atoms with E-state index in [-0.39, 0.29) is 17.4 Å². The van der Waals surface area contributed by atoms with E-state index in [0.717, 1.165) is 6.07 Å². The van der Waals surface area contributed by atoms with E-state index in [2.05, 4.69) is 0 Å². The summed E-state index contributed by atoms with van der Waals surface area (Å²) in [5.74, 6) is -2.34. The Balaban J connectivity index is 3.02. The van der Waals surface area contributed by atoms with Crippen molar-refractivity contribution in [2.24, 2.45) is 0 Å². The summed E-state index contributed by atoms with van der Waals surface area (Å²) >= 11 is 10.8. The third kappa shape index (κ3) is 4.54. The second-order valence-corrected chi connectivity index (χ2v) is 4.42. The Bertz CT molecular complexity index is 464. The number of carbonyl (C=O) groups is 1. The average Bonchev–Trinajstić information content (AvgIpc) is 2.30. The van der Waals surface area contributed by atoms with Gasteiger partial charge in [0.25, 0.3) is 5.91 Å². The first-order valence-electron chi connectivity index (χ1n) is 5.12. The van der Waals surface area contributed by atoms with Gasteiger partial charge < -0.3 is 4.90 Å². The number of carbonyl (C=O) groups excluding carboxylic acids is 1. The molecule has 1 rings (SSSR count). The van der Waals surface area contributed by atoms with Gasteiger partial charge in [-0.05, 0) is 12.1 Å². The minimum absolute atomic E-state index is 0.190. The second-order valence-electron chi connectivity index (χ2n) is 3.63. The van der Waals surface area contributed by atoms with Gasteiger partial charge >= 0.3 is 6.18 Å². The van der Waals surface area contributed by atoms with Crippen LogP contribution in [0.2, 0.25) is 5.02 Å². The maximum absolute atomic E-state index is 13.6. The largest absolute Gasteiger partial charge is 0.406 e. The molecule has 0 fully saturated rings. The molecule has 0 spiro atoms. The lowest BCUT2D eigenvalue weighted by molar-refractivity contribution is -0.140. The molecule has 1 aromatic rings. The Morgan fingerprint density at radius 2 is 1.95 bits per heavy atom. The monoisotopic (exact) mass is 317 g/mol. The Labute approximate surface area is 116 Å². The van der Waals surface area contributed by atoms with Crippen LogP contribution in [-0.2, 0) is 0 Å². The minimum atomic E-state index is -4.59. The lowest BCUT2D eigenvalue weighted by atomic mass is 10.2. The lowest BCUT2D eigenvalue weighted by Gasteiger charge is -2.23. The molecule has 0 unspecified atom stereocenters. The van der Waals surface area contributed by atoms with Crippen molar-refractivity contribution in [2.75, 3.05) is 19.0 Å². The first-order valence-corrected chi connectivity index (χ1v) is 6.03. The van der Waals surface area contributed by atoms with Crippen LogP contribution in [0.25, 0.3) is 0 Å². The smallest absolute Gasteiger partial charge is 0.328 e. The fourth-order valence-corrected chi connectivity index (χ4v) is 1.79. The molecule has 106 valence electrons. The summed E-state index contributed by atoms with van der Waals surface area (Å²) in [5, 5.41) is -0.330. The first kappa shape index (κ1) is 16.0. The molecule has 8 heteroatoms. The Kier molecular flexibility index (Phi) is 5.43. The highest BCUT2D eigenvalue weighted by Gasteiger charge is 2.33. The topological polar surface area (TPSA) is 20.3 Å². The molecule has 0 aliphatic carbocycles. The van der Waals surface area contributed by atoms with Crippen LogP contribution in [0.4, 0.5) is 17.6 Å². The van der Waals surface area contributed by atoms with E-state index in [9.17, 15) is 22.4 Å². The predicted molar refractivity (Wildman–Crippen MR) is 64.1 cm³/mol. The standard InChI is InChI=1S/C11H9Cl2F4NO/c12-4-5-18(6-11(15,16)17)10(19)7-2-1-3-8(13)9(7)14/h1-3H,4-6H2. The molecule has 1 aromatic carbocycles. The van der Waals surface area contributed by atoms with E-state index in [1.165, 1.54) is 12.1 Å². The van der Waals surface area contributed by atoms with E-state index < -0.39 is 30.0 Å². The minimum Gasteiger partial charge on any atom is -0.328 e. The summed E-state index contributed by atoms with van der Waals surface area (Å²) < 4.78 is 50.6. The molecule has 0 aliphatic heterocycles. The molecule has 1 amide bonds. The highest BCUT2D eigenvalue weighted by atomic mass is 35.5. The average molecular weight is 318 g/mol. The molecule has 0 aliphatic rings. The van der Waals surface area contributed by atoms with E-state index in [4.69, 9.17) is 23.2 Å². The highest BCUT2D eigenvalue weighted by Crippen LogP contribution is 2.22. The van der Waals surface area contributed by atoms with Crippen LogP contribution in [-0.4, -0.2) is 36.0 Å². The molecule has 0 saturated heterocycles. The fourth-order valence-electron chi connectivity index (χ4n) is 1.41. The number of hydrogen-bond acceptors (Lipinski definition) is 1. The zero-order chi connectivity index (χ0) is 14.6. The van der Waals surface area contributed by atoms with Gasteiger partial charge in [-0.2, -0.15) is 13.2 Å². The van der Waals surface area contributed by atoms with Gasteiger partial charge in [-0.15, -0.1) is 11.6 Å². The van der Waals surface area contributed by atoms with Crippen LogP contribution in [0.1, 0.15) is 10.4 Å². The Hall–Kier alpha value is -1.01. The molecular weight excluding hydrogens is 309 g/mol. The van der Waals surface area contributed by atoms with Crippen molar-refractivity contribution in [1.29, 1.82) is 0 Å². The Morgan fingerprint density at radius 3 is 2.47 bits per heavy atom. The predicted octanol–water partition coefficient (Wildman–Crippen LogP) is 3.72. The van der Waals surface area contributed by atoms with E-state index in [0.29, 0.717) is 4.90 Å². The van der Waals surface area contributed by atoms with Gasteiger partial charge in [0.1, 0.15) is 6.54 Å². The van der Waals surface area contributed by atoms with Crippen molar-refractivity contribution in [1.82, 2.24) is 4.90 Å². The van der Waals surface area contributed by atoms with Gasteiger partial charge in [-0.1, -0.05) is 17.7 Å². The summed E-state index contributed by atoms with van der Waals surface area (Å²) in [7, 11) is 0. The number of hydrogen-bond donors (Lipinski definition) is 0. The maximum Gasteiger partial charge on any atom is 0.406 e. The zero-order valence-electron chi connectivity index (χ0n) is 9.48. The third-order valence-electron chi connectivity index (χ3n) is 2.19. The third-order valence-corrected chi connectivity index (χ3v) is 2.65. The van der Waals surface area contributed by atoms with Gasteiger partial charge in [0, 0.05) is 12.4 Å². The molecule has 0 heterocycles. The first-order chi connectivity index (χ1) is 8.76. The van der Waals surface area contributed by atoms with Gasteiger partial charge in [-0.25, -0.2) is 4.39 Å². The van der Waals surface area contributed by atoms with Gasteiger partial charge in [-0.3, -0.25) is 4.79 Å². The summed E-state index contributed by atoms with van der Waals surface area (Å²) in [6.07, 6.45) is -4.59. The number of halogens is 6. The normalized spacial score (nSPS) is 11.5. The van der Waals surface area contributed by atoms with Crippen molar-refractivity contribution in [3.63, 3.8) is 0 Å². The molecule has 0 atom stereocenters. The quantitative estimate of drug-likeness (QED) is 0.612. The summed E-state index contributed by atoms with van der Waals surface area (Å²) in [5.41, 5.74) is -0.512. The molecule has 19 heavy (non-hydrogen) atoms. The number of rotatable bonds is 4. The van der Waals surface area contributed by atoms with E-state index in [1.807, 2.05) is 0 Å². The molecule has 0 bridgehead atoms. The molecule has 0 saturated carbocycles. The maximum atomic E-state index is 13.6. The van der Waals surface area contributed by atoms with Gasteiger partial charge in [0.2, 0.25) is 0 Å². The number of benzene rings is 1. The number of amides is 1. The molecular formula is C11H9Cl2F4NO. The molecule has 2 nitrogen and oxygen atoms in total. The van der Waals surface area contributed by atoms with Crippen molar-refractivity contribution >= 4 is 29.1 Å². The highest BCUT2D eigenvalue weighted by molar-refractivity contribution is 6.31. The van der Waals surface area contributed by atoms with Gasteiger partial charge in [0.15, 0.2) is 5.82 Å². The SMILES string of the molecule is O=C(c1cccc(Cl)c1F)N(CCCl)CC(F)(F)F. The molecule has 0 radical (unpaired) electrons. The molecule has 0 aromatic heterocycles. The van der Waals surface area contributed by atoms with Crippen molar-refractivity contribution in [3.8, 4) is 0 Å². The summed E-state index contributed by atoms with van der Waals surface area (Å²) in [6.45, 7) is -1.84. The number of alkyl halides is 4. The van der Waals surface area contributed by atoms with Crippen LogP contribution in [0.5, 0.6) is 0 Å². The van der Waals surface area contributed by atoms with Crippen molar-refractivity contribution in [2.45, 2.75) is 6.18 Å². The van der Waals surface area contributed by atoms with Gasteiger partial charge in [0.05, 0.1) is 10.6 Å². The van der Waals surface area contributed by atoms with E-state index in [1.54, 1.807) is 0 Å². The summed E-state index contributed by atoms with van der Waals surface area (Å²) in [6, 6.07) is 3.55. The van der Waals surface area contributed by atoms with Crippen LogP contribution < -0.4 is 0 Å². The second kappa shape index (κ2) is 6.43. The molecule has 0 N–H and O–H groups in total. The van der Waals surface area contributed by atoms with Crippen LogP contribution in [0.15, 0.2) is 18.2 Å². The summed E-state index contributed by atoms with van der Waals surface area (Å²) in [4.78, 5) is 12.3. The van der Waals surface area contributed by atoms with Crippen molar-refractivity contribution in [3.05, 3.63) is 34.6 Å². The fraction of sp³-hybridized carbons (Fsp3) is 0.364.